The molecular formula is C7H9BrMg. The topological polar surface area (TPSA) is 0 Å². The molecule has 0 atom stereocenters. The predicted octanol–water partition coefficient (Wildman–Crippen LogP) is 2.60. The molecule has 46 valence electrons. The van der Waals surface area contributed by atoms with Gasteiger partial charge in [-0.1, -0.05) is 33.6 Å². The first kappa shape index (κ1) is 9.47. The van der Waals surface area contributed by atoms with Crippen LogP contribution in [0.2, 0.25) is 0 Å². The minimum absolute atomic E-state index is 0. The van der Waals surface area contributed by atoms with Gasteiger partial charge in [-0.25, -0.2) is 0 Å². The van der Waals surface area contributed by atoms with Crippen molar-refractivity contribution in [2.45, 2.75) is 6.92 Å². The fourth-order valence-corrected chi connectivity index (χ4v) is 0.798. The van der Waals surface area contributed by atoms with Crippen LogP contribution in [0.1, 0.15) is 8.42 Å². The fourth-order valence-electron chi connectivity index (χ4n) is 0.533. The third kappa shape index (κ3) is 3.23. The molecular weight excluding hydrogens is 188 g/mol. The summed E-state index contributed by atoms with van der Waals surface area (Å²) >= 11 is 3.35. The molecule has 0 aromatic heterocycles. The average molecular weight is 197 g/mol. The smallest absolute Gasteiger partial charge is 1.00 e. The maximum atomic E-state index is 3.35. The number of aryl methyl sites for hydroxylation is 1. The first-order chi connectivity index (χ1) is 3.79. The normalized spacial score (nSPS) is 8.22. The molecule has 1 rings (SSSR count). The zero-order valence-electron chi connectivity index (χ0n) is 7.39. The third-order valence-electron chi connectivity index (χ3n) is 1.01. The molecule has 1 aromatic carbocycles. The van der Waals surface area contributed by atoms with Crippen LogP contribution in [0.3, 0.4) is 0 Å². The van der Waals surface area contributed by atoms with Crippen LogP contribution in [-0.2, 0) is 0 Å². The van der Waals surface area contributed by atoms with Gasteiger partial charge in [-0.2, -0.15) is 0 Å². The summed E-state index contributed by atoms with van der Waals surface area (Å²) in [5.74, 6) is 0. The van der Waals surface area contributed by atoms with Crippen molar-refractivity contribution in [2.75, 3.05) is 0 Å². The number of hydrogen-bond donors (Lipinski definition) is 0. The predicted molar refractivity (Wildman–Crippen MR) is 46.9 cm³/mol. The first-order valence-corrected chi connectivity index (χ1v) is 3.30. The van der Waals surface area contributed by atoms with Crippen LogP contribution in [0.15, 0.2) is 28.7 Å². The monoisotopic (exact) mass is 196 g/mol. The van der Waals surface area contributed by atoms with Crippen LogP contribution in [0.25, 0.3) is 0 Å². The van der Waals surface area contributed by atoms with Crippen LogP contribution < -0.4 is 0 Å². The molecule has 9 heavy (non-hydrogen) atoms. The van der Waals surface area contributed by atoms with Crippen molar-refractivity contribution in [3.8, 4) is 0 Å². The zero-order valence-corrected chi connectivity index (χ0v) is 8.39. The summed E-state index contributed by atoms with van der Waals surface area (Å²) in [5.41, 5.74) is 1.30. The maximum absolute atomic E-state index is 3.35. The first-order valence-electron chi connectivity index (χ1n) is 2.51. The van der Waals surface area contributed by atoms with Crippen molar-refractivity contribution < 1.29 is 2.85 Å². The molecule has 0 N–H and O–H groups in total. The van der Waals surface area contributed by atoms with Gasteiger partial charge in [-0.3, -0.25) is 0 Å². The van der Waals surface area contributed by atoms with Gasteiger partial charge >= 0.3 is 23.1 Å². The van der Waals surface area contributed by atoms with E-state index in [1.807, 2.05) is 12.1 Å². The quantitative estimate of drug-likeness (QED) is 0.561. The van der Waals surface area contributed by atoms with Crippen LogP contribution >= 0.6 is 15.9 Å². The fraction of sp³-hybridized carbons (Fsp3) is 0.143. The summed E-state index contributed by atoms with van der Waals surface area (Å²) in [6.07, 6.45) is 0. The van der Waals surface area contributed by atoms with E-state index in [1.54, 1.807) is 0 Å². The van der Waals surface area contributed by atoms with E-state index in [1.165, 1.54) is 5.56 Å². The van der Waals surface area contributed by atoms with Crippen LogP contribution in [-0.4, -0.2) is 23.1 Å². The van der Waals surface area contributed by atoms with Gasteiger partial charge in [0, 0.05) is 4.47 Å². The van der Waals surface area contributed by atoms with Crippen LogP contribution in [0.4, 0.5) is 0 Å². The summed E-state index contributed by atoms with van der Waals surface area (Å²) in [5, 5.41) is 0. The molecule has 0 fully saturated rings. The molecule has 0 bridgehead atoms. The summed E-state index contributed by atoms with van der Waals surface area (Å²) < 4.78 is 1.14. The van der Waals surface area contributed by atoms with Crippen molar-refractivity contribution in [2.24, 2.45) is 0 Å². The summed E-state index contributed by atoms with van der Waals surface area (Å²) in [6.45, 7) is 2.08. The van der Waals surface area contributed by atoms with Gasteiger partial charge < -0.3 is 2.85 Å². The Bertz CT molecular complexity index is 155. The van der Waals surface area contributed by atoms with Crippen LogP contribution in [0, 0.1) is 6.92 Å². The Balaban J connectivity index is -0.000000213. The van der Waals surface area contributed by atoms with E-state index in [-0.39, 0.29) is 25.9 Å². The minimum atomic E-state index is 0. The number of halogens is 1. The van der Waals surface area contributed by atoms with Gasteiger partial charge in [0.15, 0.2) is 0 Å². The van der Waals surface area contributed by atoms with Crippen molar-refractivity contribution in [1.29, 1.82) is 0 Å². The second-order valence-corrected chi connectivity index (χ2v) is 2.71. The van der Waals surface area contributed by atoms with Crippen molar-refractivity contribution in [3.63, 3.8) is 0 Å². The van der Waals surface area contributed by atoms with Crippen molar-refractivity contribution >= 4 is 39.0 Å². The Hall–Kier alpha value is 0.466. The second-order valence-electron chi connectivity index (χ2n) is 1.80. The van der Waals surface area contributed by atoms with E-state index in [2.05, 4.69) is 35.0 Å². The van der Waals surface area contributed by atoms with Gasteiger partial charge in [0.2, 0.25) is 0 Å². The zero-order chi connectivity index (χ0) is 5.98. The van der Waals surface area contributed by atoms with E-state index in [4.69, 9.17) is 0 Å². The van der Waals surface area contributed by atoms with E-state index in [0.29, 0.717) is 0 Å². The SMILES string of the molecule is Cc1ccc(Br)cc1.[H-].[H-].[Mg+2]. The van der Waals surface area contributed by atoms with Gasteiger partial charge in [0.1, 0.15) is 0 Å². The molecule has 0 saturated carbocycles. The molecule has 0 amide bonds. The molecule has 0 unspecified atom stereocenters. The van der Waals surface area contributed by atoms with Crippen LogP contribution in [0.5, 0.6) is 0 Å². The Morgan fingerprint density at radius 1 is 1.22 bits per heavy atom. The van der Waals surface area contributed by atoms with Gasteiger partial charge in [-0.05, 0) is 19.1 Å². The van der Waals surface area contributed by atoms with E-state index < -0.39 is 0 Å². The largest absolute Gasteiger partial charge is 2.00 e. The molecule has 2 heteroatoms. The Morgan fingerprint density at radius 2 is 1.67 bits per heavy atom. The maximum Gasteiger partial charge on any atom is 2.00 e. The third-order valence-corrected chi connectivity index (χ3v) is 1.54. The molecule has 0 saturated heterocycles. The molecule has 0 aliphatic rings. The standard InChI is InChI=1S/C7H7Br.Mg.2H/c1-6-2-4-7(8)5-3-6;;;/h2-5H,1H3;;;/q;+2;2*-1. The Morgan fingerprint density at radius 3 is 2.00 bits per heavy atom. The summed E-state index contributed by atoms with van der Waals surface area (Å²) in [7, 11) is 0. The Kier molecular flexibility index (Phi) is 4.53. The van der Waals surface area contributed by atoms with Gasteiger partial charge in [-0.15, -0.1) is 0 Å². The van der Waals surface area contributed by atoms with Gasteiger partial charge in [0.05, 0.1) is 0 Å². The van der Waals surface area contributed by atoms with Crippen molar-refractivity contribution in [3.05, 3.63) is 34.3 Å². The molecule has 0 aliphatic heterocycles. The molecule has 1 aromatic rings. The number of hydrogen-bond acceptors (Lipinski definition) is 0. The molecule has 0 nitrogen and oxygen atoms in total. The van der Waals surface area contributed by atoms with E-state index in [9.17, 15) is 0 Å². The number of rotatable bonds is 0. The molecule has 0 radical (unpaired) electrons. The molecule has 0 spiro atoms. The molecule has 0 heterocycles. The summed E-state index contributed by atoms with van der Waals surface area (Å²) in [6, 6.07) is 8.22. The number of benzene rings is 1. The van der Waals surface area contributed by atoms with Gasteiger partial charge in [0.25, 0.3) is 0 Å². The average Bonchev–Trinajstić information content (AvgIpc) is 1.77. The summed E-state index contributed by atoms with van der Waals surface area (Å²) in [4.78, 5) is 0. The molecule has 0 aliphatic carbocycles. The second kappa shape index (κ2) is 4.31. The minimum Gasteiger partial charge on any atom is -1.00 e. The van der Waals surface area contributed by atoms with Crippen molar-refractivity contribution in [1.82, 2.24) is 0 Å². The van der Waals surface area contributed by atoms with E-state index in [0.717, 1.165) is 4.47 Å². The Labute approximate surface area is 82.9 Å². The van der Waals surface area contributed by atoms with E-state index >= 15 is 0 Å².